The lowest BCUT2D eigenvalue weighted by Crippen LogP contribution is -2.50. The van der Waals surface area contributed by atoms with E-state index in [1.165, 1.54) is 23.1 Å². The number of hydrogen-bond acceptors (Lipinski definition) is 5. The van der Waals surface area contributed by atoms with Crippen molar-refractivity contribution in [3.63, 3.8) is 0 Å². The van der Waals surface area contributed by atoms with Gasteiger partial charge in [-0.05, 0) is 43.7 Å². The molecule has 33 heavy (non-hydrogen) atoms. The summed E-state index contributed by atoms with van der Waals surface area (Å²) in [7, 11) is 1.63. The van der Waals surface area contributed by atoms with Gasteiger partial charge in [0.25, 0.3) is 11.8 Å². The predicted molar refractivity (Wildman–Crippen MR) is 123 cm³/mol. The van der Waals surface area contributed by atoms with Crippen molar-refractivity contribution in [3.05, 3.63) is 65.1 Å². The van der Waals surface area contributed by atoms with E-state index < -0.39 is 18.0 Å². The molecule has 1 aromatic heterocycles. The highest BCUT2D eigenvalue weighted by molar-refractivity contribution is 5.97. The van der Waals surface area contributed by atoms with Gasteiger partial charge >= 0.3 is 0 Å². The van der Waals surface area contributed by atoms with Crippen LogP contribution in [0.4, 0.5) is 4.39 Å². The summed E-state index contributed by atoms with van der Waals surface area (Å²) < 4.78 is 19.8. The molecule has 0 unspecified atom stereocenters. The summed E-state index contributed by atoms with van der Waals surface area (Å²) in [5.74, 6) is -1.06. The van der Waals surface area contributed by atoms with E-state index in [0.717, 1.165) is 5.56 Å². The highest BCUT2D eigenvalue weighted by atomic mass is 19.1. The Hall–Kier alpha value is -3.26. The molecule has 0 bridgehead atoms. The van der Waals surface area contributed by atoms with Gasteiger partial charge in [0.05, 0.1) is 19.2 Å². The zero-order chi connectivity index (χ0) is 24.1. The number of likely N-dealkylation sites (N-methyl/N-ethyl adjacent to an activating group) is 1. The van der Waals surface area contributed by atoms with Crippen LogP contribution in [0.2, 0.25) is 0 Å². The molecule has 1 aromatic carbocycles. The first-order chi connectivity index (χ1) is 15.7. The average molecular weight is 456 g/mol. The molecule has 2 aromatic rings. The molecule has 0 aliphatic carbocycles. The van der Waals surface area contributed by atoms with Gasteiger partial charge in [-0.3, -0.25) is 9.59 Å². The van der Waals surface area contributed by atoms with Crippen molar-refractivity contribution < 1.29 is 23.8 Å². The van der Waals surface area contributed by atoms with Crippen LogP contribution in [0.15, 0.2) is 42.6 Å². The van der Waals surface area contributed by atoms with Crippen LogP contribution >= 0.6 is 0 Å². The number of aliphatic hydroxyl groups excluding tert-OH is 1. The second-order valence-electron chi connectivity index (χ2n) is 8.44. The number of fused-ring (bicyclic) bond motifs is 1. The van der Waals surface area contributed by atoms with Gasteiger partial charge in [0.1, 0.15) is 17.5 Å². The fourth-order valence-electron chi connectivity index (χ4n) is 3.81. The Morgan fingerprint density at radius 3 is 2.85 bits per heavy atom. The molecule has 1 aliphatic heterocycles. The van der Waals surface area contributed by atoms with Gasteiger partial charge in [-0.25, -0.2) is 9.37 Å². The molecule has 2 amide bonds. The average Bonchev–Trinajstić information content (AvgIpc) is 2.80. The number of hydrogen-bond donors (Lipinski definition) is 1. The van der Waals surface area contributed by atoms with E-state index in [9.17, 15) is 19.1 Å². The Kier molecular flexibility index (Phi) is 7.81. The Balaban J connectivity index is 1.93. The second-order valence-corrected chi connectivity index (χ2v) is 8.44. The van der Waals surface area contributed by atoms with Gasteiger partial charge in [0.2, 0.25) is 5.88 Å². The third-order valence-corrected chi connectivity index (χ3v) is 5.77. The summed E-state index contributed by atoms with van der Waals surface area (Å²) >= 11 is 0. The number of halogens is 1. The summed E-state index contributed by atoms with van der Waals surface area (Å²) in [4.78, 5) is 33.6. The lowest BCUT2D eigenvalue weighted by atomic mass is 9.99. The largest absolute Gasteiger partial charge is 0.472 e. The smallest absolute Gasteiger partial charge is 0.259 e. The van der Waals surface area contributed by atoms with E-state index in [4.69, 9.17) is 4.74 Å². The Morgan fingerprint density at radius 2 is 2.18 bits per heavy atom. The maximum atomic E-state index is 13.6. The zero-order valence-electron chi connectivity index (χ0n) is 19.4. The van der Waals surface area contributed by atoms with Gasteiger partial charge in [0, 0.05) is 31.3 Å². The van der Waals surface area contributed by atoms with Gasteiger partial charge < -0.3 is 19.6 Å². The molecule has 8 heteroatoms. The number of aliphatic hydroxyl groups is 1. The standard InChI is InChI=1S/C25H30FN3O4/c1-5-7-18-10-21-23(27-12-18)33-22(16(2)13-29(25(21)32)17(3)15-30)14-28(4)24(31)19-8-6-9-20(26)11-19/h5-12,16-17,22,30H,13-15H2,1-4H3/b7-5+/t16-,17+,22+/m1/s1. The van der Waals surface area contributed by atoms with Crippen molar-refractivity contribution in [2.45, 2.75) is 32.9 Å². The van der Waals surface area contributed by atoms with Crippen molar-refractivity contribution in [2.75, 3.05) is 26.7 Å². The Labute approximate surface area is 193 Å². The van der Waals surface area contributed by atoms with Gasteiger partial charge in [0.15, 0.2) is 0 Å². The summed E-state index contributed by atoms with van der Waals surface area (Å²) in [6, 6.07) is 6.86. The Morgan fingerprint density at radius 1 is 1.42 bits per heavy atom. The summed E-state index contributed by atoms with van der Waals surface area (Å²) in [5.41, 5.74) is 1.31. The van der Waals surface area contributed by atoms with Crippen molar-refractivity contribution in [3.8, 4) is 5.88 Å². The molecule has 7 nitrogen and oxygen atoms in total. The predicted octanol–water partition coefficient (Wildman–Crippen LogP) is 3.25. The molecule has 3 atom stereocenters. The first kappa shape index (κ1) is 24.4. The Bertz CT molecular complexity index is 1040. The lowest BCUT2D eigenvalue weighted by Gasteiger charge is -2.37. The molecule has 1 aliphatic rings. The quantitative estimate of drug-likeness (QED) is 0.723. The van der Waals surface area contributed by atoms with Crippen molar-refractivity contribution in [1.82, 2.24) is 14.8 Å². The summed E-state index contributed by atoms with van der Waals surface area (Å²) in [5, 5.41) is 9.74. The van der Waals surface area contributed by atoms with Crippen LogP contribution in [-0.4, -0.2) is 70.6 Å². The minimum absolute atomic E-state index is 0.170. The van der Waals surface area contributed by atoms with E-state index in [-0.39, 0.29) is 42.3 Å². The fourth-order valence-corrected chi connectivity index (χ4v) is 3.81. The van der Waals surface area contributed by atoms with E-state index in [1.807, 2.05) is 26.0 Å². The number of pyridine rings is 1. The molecule has 3 rings (SSSR count). The van der Waals surface area contributed by atoms with E-state index in [1.54, 1.807) is 37.2 Å². The van der Waals surface area contributed by atoms with Crippen LogP contribution in [0.1, 0.15) is 47.1 Å². The number of benzene rings is 1. The van der Waals surface area contributed by atoms with Crippen LogP contribution in [0, 0.1) is 11.7 Å². The third-order valence-electron chi connectivity index (χ3n) is 5.77. The molecular formula is C25H30FN3O4. The van der Waals surface area contributed by atoms with Crippen LogP contribution in [0.5, 0.6) is 5.88 Å². The highest BCUT2D eigenvalue weighted by Gasteiger charge is 2.34. The lowest BCUT2D eigenvalue weighted by molar-refractivity contribution is 0.0313. The van der Waals surface area contributed by atoms with E-state index >= 15 is 0 Å². The summed E-state index contributed by atoms with van der Waals surface area (Å²) in [6.45, 7) is 5.95. The van der Waals surface area contributed by atoms with Gasteiger partial charge in [-0.15, -0.1) is 0 Å². The normalized spacial score (nSPS) is 19.5. The number of amides is 2. The number of carbonyl (C=O) groups excluding carboxylic acids is 2. The van der Waals surface area contributed by atoms with Crippen molar-refractivity contribution >= 4 is 17.9 Å². The fraction of sp³-hybridized carbons (Fsp3) is 0.400. The zero-order valence-corrected chi connectivity index (χ0v) is 19.4. The highest BCUT2D eigenvalue weighted by Crippen LogP contribution is 2.28. The SMILES string of the molecule is C/C=C/c1cnc2c(c1)C(=O)N([C@@H](C)CO)C[C@@H](C)[C@H](CN(C)C(=O)c1cccc(F)c1)O2. The minimum atomic E-state index is -0.480. The topological polar surface area (TPSA) is 83.0 Å². The van der Waals surface area contributed by atoms with E-state index in [2.05, 4.69) is 4.98 Å². The minimum Gasteiger partial charge on any atom is -0.472 e. The number of carbonyl (C=O) groups is 2. The molecule has 1 N–H and O–H groups in total. The molecule has 2 heterocycles. The second kappa shape index (κ2) is 10.6. The van der Waals surface area contributed by atoms with Crippen LogP contribution in [0.25, 0.3) is 6.08 Å². The summed E-state index contributed by atoms with van der Waals surface area (Å²) in [6.07, 6.45) is 4.83. The number of ether oxygens (including phenoxy) is 1. The molecule has 176 valence electrons. The first-order valence-electron chi connectivity index (χ1n) is 11.0. The molecule has 0 saturated heterocycles. The number of rotatable bonds is 6. The van der Waals surface area contributed by atoms with Crippen molar-refractivity contribution in [2.24, 2.45) is 5.92 Å². The number of aromatic nitrogens is 1. The molecule has 0 fully saturated rings. The number of nitrogens with zero attached hydrogens (tertiary/aromatic N) is 3. The maximum Gasteiger partial charge on any atom is 0.259 e. The number of allylic oxidation sites excluding steroid dienone is 1. The molecule has 0 radical (unpaired) electrons. The monoisotopic (exact) mass is 455 g/mol. The maximum absolute atomic E-state index is 13.6. The molecule has 0 saturated carbocycles. The van der Waals surface area contributed by atoms with Gasteiger partial charge in [-0.1, -0.05) is 25.1 Å². The van der Waals surface area contributed by atoms with Crippen LogP contribution in [0.3, 0.4) is 0 Å². The molecular weight excluding hydrogens is 425 g/mol. The third kappa shape index (κ3) is 5.57. The van der Waals surface area contributed by atoms with Crippen molar-refractivity contribution in [1.29, 1.82) is 0 Å². The van der Waals surface area contributed by atoms with Crippen LogP contribution in [-0.2, 0) is 0 Å². The molecule has 0 spiro atoms. The van der Waals surface area contributed by atoms with Gasteiger partial charge in [-0.2, -0.15) is 0 Å². The van der Waals surface area contributed by atoms with Crippen LogP contribution < -0.4 is 4.74 Å². The van der Waals surface area contributed by atoms with E-state index in [0.29, 0.717) is 12.1 Å². The first-order valence-corrected chi connectivity index (χ1v) is 11.0.